The third-order valence-electron chi connectivity index (χ3n) is 3.51. The number of hydrogen-bond donors (Lipinski definition) is 1. The van der Waals surface area contributed by atoms with E-state index in [1.807, 2.05) is 0 Å². The second-order valence-electron chi connectivity index (χ2n) is 4.66. The first-order chi connectivity index (χ1) is 9.18. The molecule has 3 heteroatoms. The summed E-state index contributed by atoms with van der Waals surface area (Å²) < 4.78 is 0. The molecule has 3 nitrogen and oxygen atoms in total. The lowest BCUT2D eigenvalue weighted by atomic mass is 9.94. The average Bonchev–Trinajstić information content (AvgIpc) is 2.67. The van der Waals surface area contributed by atoms with Crippen molar-refractivity contribution in [3.05, 3.63) is 65.2 Å². The number of rotatable bonds is 2. The number of fused-ring (bicyclic) bond motifs is 1. The zero-order valence-electron chi connectivity index (χ0n) is 10.2. The highest BCUT2D eigenvalue weighted by Crippen LogP contribution is 2.30. The van der Waals surface area contributed by atoms with Crippen LogP contribution in [0.15, 0.2) is 48.5 Å². The van der Waals surface area contributed by atoms with Crippen molar-refractivity contribution in [2.45, 2.75) is 6.42 Å². The summed E-state index contributed by atoms with van der Waals surface area (Å²) in [5.41, 5.74) is 1.61. The fourth-order valence-corrected chi connectivity index (χ4v) is 2.50. The fourth-order valence-electron chi connectivity index (χ4n) is 2.50. The van der Waals surface area contributed by atoms with E-state index in [9.17, 15) is 14.7 Å². The first-order valence-corrected chi connectivity index (χ1v) is 6.13. The molecule has 0 unspecified atom stereocenters. The molecule has 0 aromatic heterocycles. The number of para-hydroxylation sites is 1. The molecule has 0 aliphatic heterocycles. The highest BCUT2D eigenvalue weighted by Gasteiger charge is 2.38. The molecular weight excluding hydrogens is 240 g/mol. The van der Waals surface area contributed by atoms with Crippen molar-refractivity contribution >= 4 is 11.6 Å². The van der Waals surface area contributed by atoms with Gasteiger partial charge in [-0.2, -0.15) is 0 Å². The first kappa shape index (κ1) is 11.7. The highest BCUT2D eigenvalue weighted by molar-refractivity contribution is 6.26. The molecule has 0 amide bonds. The number of ketones is 2. The summed E-state index contributed by atoms with van der Waals surface area (Å²) >= 11 is 0. The van der Waals surface area contributed by atoms with E-state index in [2.05, 4.69) is 0 Å². The molecule has 0 atom stereocenters. The molecule has 0 saturated heterocycles. The monoisotopic (exact) mass is 252 g/mol. The van der Waals surface area contributed by atoms with E-state index in [1.54, 1.807) is 48.5 Å². The summed E-state index contributed by atoms with van der Waals surface area (Å²) in [5.74, 6) is -0.877. The number of Topliss-reactive ketones (excluding diaryl/α,β-unsaturated/α-hetero) is 2. The first-order valence-electron chi connectivity index (χ1n) is 6.13. The second-order valence-corrected chi connectivity index (χ2v) is 4.66. The Labute approximate surface area is 110 Å². The summed E-state index contributed by atoms with van der Waals surface area (Å²) in [6.45, 7) is 0. The smallest absolute Gasteiger partial charge is 0.174 e. The van der Waals surface area contributed by atoms with Crippen LogP contribution in [0.2, 0.25) is 0 Å². The van der Waals surface area contributed by atoms with Crippen molar-refractivity contribution in [1.29, 1.82) is 0 Å². The van der Waals surface area contributed by atoms with Crippen molar-refractivity contribution in [3.8, 4) is 5.75 Å². The molecule has 94 valence electrons. The quantitative estimate of drug-likeness (QED) is 0.836. The van der Waals surface area contributed by atoms with Gasteiger partial charge in [0.05, 0.1) is 5.92 Å². The molecule has 0 fully saturated rings. The van der Waals surface area contributed by atoms with Crippen LogP contribution in [0.4, 0.5) is 0 Å². The van der Waals surface area contributed by atoms with E-state index in [1.165, 1.54) is 0 Å². The van der Waals surface area contributed by atoms with Crippen molar-refractivity contribution in [3.63, 3.8) is 0 Å². The molecule has 1 aliphatic carbocycles. The van der Waals surface area contributed by atoms with Crippen LogP contribution in [-0.2, 0) is 6.42 Å². The number of hydrogen-bond acceptors (Lipinski definition) is 3. The Bertz CT molecular complexity index is 638. The molecule has 2 aromatic rings. The predicted octanol–water partition coefficient (Wildman–Crippen LogP) is 2.63. The number of carbonyl (C=O) groups is 2. The van der Waals surface area contributed by atoms with E-state index in [4.69, 9.17) is 0 Å². The molecule has 0 heterocycles. The molecule has 0 bridgehead atoms. The Morgan fingerprint density at radius 2 is 1.37 bits per heavy atom. The van der Waals surface area contributed by atoms with Crippen LogP contribution >= 0.6 is 0 Å². The lowest BCUT2D eigenvalue weighted by Crippen LogP contribution is -2.18. The Morgan fingerprint density at radius 3 is 1.95 bits per heavy atom. The van der Waals surface area contributed by atoms with Gasteiger partial charge in [-0.05, 0) is 18.1 Å². The summed E-state index contributed by atoms with van der Waals surface area (Å²) in [5, 5.41) is 9.74. The Balaban J connectivity index is 1.95. The van der Waals surface area contributed by atoms with Gasteiger partial charge in [-0.15, -0.1) is 0 Å². The van der Waals surface area contributed by atoms with Crippen molar-refractivity contribution in [1.82, 2.24) is 0 Å². The van der Waals surface area contributed by atoms with Crippen LogP contribution in [0.25, 0.3) is 0 Å². The largest absolute Gasteiger partial charge is 0.508 e. The SMILES string of the molecule is O=C1c2ccccc2C(=O)C1Cc1ccccc1O. The summed E-state index contributed by atoms with van der Waals surface area (Å²) in [7, 11) is 0. The maximum atomic E-state index is 12.2. The lowest BCUT2D eigenvalue weighted by Gasteiger charge is -2.08. The number of phenolic OH excluding ortho intramolecular Hbond substituents is 1. The third-order valence-corrected chi connectivity index (χ3v) is 3.51. The highest BCUT2D eigenvalue weighted by atomic mass is 16.3. The van der Waals surface area contributed by atoms with Crippen LogP contribution in [0, 0.1) is 5.92 Å². The van der Waals surface area contributed by atoms with Gasteiger partial charge >= 0.3 is 0 Å². The van der Waals surface area contributed by atoms with Crippen LogP contribution < -0.4 is 0 Å². The van der Waals surface area contributed by atoms with E-state index < -0.39 is 5.92 Å². The molecule has 2 aromatic carbocycles. The van der Waals surface area contributed by atoms with Crippen LogP contribution in [0.5, 0.6) is 5.75 Å². The van der Waals surface area contributed by atoms with E-state index in [0.29, 0.717) is 16.7 Å². The van der Waals surface area contributed by atoms with Gasteiger partial charge in [0.2, 0.25) is 0 Å². The average molecular weight is 252 g/mol. The summed E-state index contributed by atoms with van der Waals surface area (Å²) in [6.07, 6.45) is 0.249. The van der Waals surface area contributed by atoms with E-state index in [-0.39, 0.29) is 23.7 Å². The van der Waals surface area contributed by atoms with Crippen LogP contribution in [0.3, 0.4) is 0 Å². The Kier molecular flexibility index (Phi) is 2.67. The zero-order valence-corrected chi connectivity index (χ0v) is 10.2. The predicted molar refractivity (Wildman–Crippen MR) is 70.4 cm³/mol. The number of phenols is 1. The van der Waals surface area contributed by atoms with Gasteiger partial charge in [0.15, 0.2) is 11.6 Å². The molecule has 1 N–H and O–H groups in total. The molecule has 0 radical (unpaired) electrons. The normalized spacial score (nSPS) is 14.7. The maximum Gasteiger partial charge on any atom is 0.174 e. The topological polar surface area (TPSA) is 54.4 Å². The Hall–Kier alpha value is -2.42. The molecule has 19 heavy (non-hydrogen) atoms. The number of aromatic hydroxyl groups is 1. The second kappa shape index (κ2) is 4.35. The van der Waals surface area contributed by atoms with Gasteiger partial charge < -0.3 is 5.11 Å². The lowest BCUT2D eigenvalue weighted by molar-refractivity contribution is 0.0838. The number of carbonyl (C=O) groups excluding carboxylic acids is 2. The minimum Gasteiger partial charge on any atom is -0.508 e. The van der Waals surface area contributed by atoms with Crippen molar-refractivity contribution in [2.24, 2.45) is 5.92 Å². The fraction of sp³-hybridized carbons (Fsp3) is 0.125. The zero-order chi connectivity index (χ0) is 13.4. The molecule has 3 rings (SSSR count). The molecular formula is C16H12O3. The van der Waals surface area contributed by atoms with Gasteiger partial charge in [0.1, 0.15) is 5.75 Å². The van der Waals surface area contributed by atoms with Gasteiger partial charge in [0, 0.05) is 11.1 Å². The molecule has 0 saturated carbocycles. The maximum absolute atomic E-state index is 12.2. The Morgan fingerprint density at radius 1 is 0.842 bits per heavy atom. The van der Waals surface area contributed by atoms with E-state index >= 15 is 0 Å². The van der Waals surface area contributed by atoms with E-state index in [0.717, 1.165) is 0 Å². The van der Waals surface area contributed by atoms with Gasteiger partial charge in [-0.1, -0.05) is 42.5 Å². The van der Waals surface area contributed by atoms with Crippen LogP contribution in [0.1, 0.15) is 26.3 Å². The standard InChI is InChI=1S/C16H12O3/c17-14-8-4-1-5-10(14)9-13-15(18)11-6-2-3-7-12(11)16(13)19/h1-8,13,17H,9H2. The summed E-state index contributed by atoms with van der Waals surface area (Å²) in [4.78, 5) is 24.4. The van der Waals surface area contributed by atoms with Gasteiger partial charge in [-0.25, -0.2) is 0 Å². The minimum atomic E-state index is -0.703. The van der Waals surface area contributed by atoms with Crippen molar-refractivity contribution < 1.29 is 14.7 Å². The number of benzene rings is 2. The van der Waals surface area contributed by atoms with Gasteiger partial charge in [0.25, 0.3) is 0 Å². The molecule has 0 spiro atoms. The van der Waals surface area contributed by atoms with Crippen LogP contribution in [-0.4, -0.2) is 16.7 Å². The third kappa shape index (κ3) is 1.83. The van der Waals surface area contributed by atoms with Gasteiger partial charge in [-0.3, -0.25) is 9.59 Å². The van der Waals surface area contributed by atoms with Crippen molar-refractivity contribution in [2.75, 3.05) is 0 Å². The minimum absolute atomic E-state index is 0.124. The summed E-state index contributed by atoms with van der Waals surface area (Å²) in [6, 6.07) is 13.7. The molecule has 1 aliphatic rings.